The number of hydrogen-bond donors (Lipinski definition) is 5. The van der Waals surface area contributed by atoms with Crippen LogP contribution in [0.1, 0.15) is 56.5 Å². The molecule has 216 valence electrons. The van der Waals surface area contributed by atoms with Crippen molar-refractivity contribution in [3.8, 4) is 18.1 Å². The Labute approximate surface area is 227 Å². The van der Waals surface area contributed by atoms with Crippen LogP contribution in [-0.2, 0) is 30.4 Å². The van der Waals surface area contributed by atoms with E-state index in [2.05, 4.69) is 11.2 Å². The Balaban J connectivity index is 2.14. The van der Waals surface area contributed by atoms with Gasteiger partial charge in [0.2, 0.25) is 6.29 Å². The van der Waals surface area contributed by atoms with E-state index in [1.54, 1.807) is 0 Å². The lowest BCUT2D eigenvalue weighted by Crippen LogP contribution is -2.61. The molecule has 1 fully saturated rings. The Bertz CT molecular complexity index is 1050. The molecule has 0 bridgehead atoms. The van der Waals surface area contributed by atoms with Gasteiger partial charge in [0.15, 0.2) is 6.10 Å². The van der Waals surface area contributed by atoms with E-state index in [0.29, 0.717) is 25.0 Å². The average molecular weight is 552 g/mol. The molecule has 1 aliphatic rings. The van der Waals surface area contributed by atoms with Gasteiger partial charge in [-0.05, 0) is 58.2 Å². The first-order chi connectivity index (χ1) is 18.2. The van der Waals surface area contributed by atoms with Gasteiger partial charge in [0.1, 0.15) is 30.7 Å². The maximum absolute atomic E-state index is 13.1. The van der Waals surface area contributed by atoms with Crippen LogP contribution in [0.3, 0.4) is 0 Å². The van der Waals surface area contributed by atoms with Gasteiger partial charge in [-0.3, -0.25) is 9.59 Å². The van der Waals surface area contributed by atoms with Crippen molar-refractivity contribution in [2.24, 2.45) is 5.41 Å². The van der Waals surface area contributed by atoms with Crippen molar-refractivity contribution < 1.29 is 53.8 Å². The normalized spacial score (nSPS) is 23.4. The standard InChI is InChI=1S/C27H37NO11/c1-6-26(2,3)10-12-37-27(4,5)9-11-28-23(33)17-13-16(14-36-15-29)7-8-18(17)38-25-21(32)19(30)20(31)22(39-25)24(34)35/h1,7-8,13,15,19-22,25,30-32H,9-12,14H2,2-5H3,(H,28,33)(H,34,35)/t19-,20-,21+,22-,25+/m0/s1. The zero-order valence-corrected chi connectivity index (χ0v) is 22.5. The van der Waals surface area contributed by atoms with E-state index in [0.717, 1.165) is 0 Å². The minimum absolute atomic E-state index is 0.0280. The van der Waals surface area contributed by atoms with Gasteiger partial charge < -0.3 is 44.7 Å². The number of aliphatic carboxylic acids is 1. The van der Waals surface area contributed by atoms with Crippen LogP contribution < -0.4 is 10.1 Å². The summed E-state index contributed by atoms with van der Waals surface area (Å²) in [6, 6.07) is 4.23. The summed E-state index contributed by atoms with van der Waals surface area (Å²) in [5.74, 6) is 0.453. The summed E-state index contributed by atoms with van der Waals surface area (Å²) in [6.07, 6.45) is -2.55. The Morgan fingerprint density at radius 1 is 1.13 bits per heavy atom. The van der Waals surface area contributed by atoms with Crippen molar-refractivity contribution in [3.63, 3.8) is 0 Å². The lowest BCUT2D eigenvalue weighted by molar-refractivity contribution is -0.271. The zero-order valence-electron chi connectivity index (χ0n) is 22.5. The average Bonchev–Trinajstić information content (AvgIpc) is 2.87. The van der Waals surface area contributed by atoms with Gasteiger partial charge >= 0.3 is 5.97 Å². The van der Waals surface area contributed by atoms with Crippen LogP contribution in [0.25, 0.3) is 0 Å². The molecule has 0 radical (unpaired) electrons. The quantitative estimate of drug-likeness (QED) is 0.161. The summed E-state index contributed by atoms with van der Waals surface area (Å²) < 4.78 is 21.5. The molecule has 1 aromatic rings. The number of aliphatic hydroxyl groups excluding tert-OH is 3. The Hall–Kier alpha value is -3.21. The maximum Gasteiger partial charge on any atom is 0.335 e. The second kappa shape index (κ2) is 13.7. The molecule has 5 N–H and O–H groups in total. The van der Waals surface area contributed by atoms with Gasteiger partial charge in [0, 0.05) is 18.6 Å². The zero-order chi connectivity index (χ0) is 29.4. The molecule has 1 saturated heterocycles. The fourth-order valence-electron chi connectivity index (χ4n) is 3.65. The molecule has 0 aromatic heterocycles. The predicted octanol–water partition coefficient (Wildman–Crippen LogP) is 0.595. The minimum Gasteiger partial charge on any atom is -0.479 e. The molecule has 0 spiro atoms. The summed E-state index contributed by atoms with van der Waals surface area (Å²) in [5, 5.41) is 42.3. The highest BCUT2D eigenvalue weighted by atomic mass is 16.7. The number of carboxylic acid groups (broad SMARTS) is 1. The van der Waals surface area contributed by atoms with Crippen LogP contribution in [0.4, 0.5) is 0 Å². The second-order valence-electron chi connectivity index (χ2n) is 10.5. The molecular formula is C27H37NO11. The molecular weight excluding hydrogens is 514 g/mol. The number of benzene rings is 1. The molecule has 2 rings (SSSR count). The molecule has 1 amide bonds. The van der Waals surface area contributed by atoms with Gasteiger partial charge in [-0.2, -0.15) is 0 Å². The van der Waals surface area contributed by atoms with Crippen LogP contribution in [0.5, 0.6) is 5.75 Å². The molecule has 0 aliphatic carbocycles. The van der Waals surface area contributed by atoms with Gasteiger partial charge in [-0.15, -0.1) is 12.3 Å². The first-order valence-electron chi connectivity index (χ1n) is 12.4. The number of carbonyl (C=O) groups is 3. The molecule has 5 atom stereocenters. The molecule has 12 heteroatoms. The summed E-state index contributed by atoms with van der Waals surface area (Å²) in [5.41, 5.74) is -0.448. The van der Waals surface area contributed by atoms with Crippen molar-refractivity contribution in [1.82, 2.24) is 5.32 Å². The van der Waals surface area contributed by atoms with E-state index in [-0.39, 0.29) is 36.4 Å². The molecule has 0 saturated carbocycles. The molecule has 1 aliphatic heterocycles. The van der Waals surface area contributed by atoms with Gasteiger partial charge in [0.25, 0.3) is 12.4 Å². The van der Waals surface area contributed by atoms with Crippen molar-refractivity contribution >= 4 is 18.3 Å². The molecule has 0 unspecified atom stereocenters. The van der Waals surface area contributed by atoms with E-state index >= 15 is 0 Å². The van der Waals surface area contributed by atoms with E-state index in [9.17, 15) is 34.8 Å². The summed E-state index contributed by atoms with van der Waals surface area (Å²) in [7, 11) is 0. The second-order valence-corrected chi connectivity index (χ2v) is 10.5. The highest BCUT2D eigenvalue weighted by Crippen LogP contribution is 2.28. The first-order valence-corrected chi connectivity index (χ1v) is 12.4. The highest BCUT2D eigenvalue weighted by molar-refractivity contribution is 5.97. The van der Waals surface area contributed by atoms with Gasteiger partial charge in [-0.1, -0.05) is 6.07 Å². The fraction of sp³-hybridized carbons (Fsp3) is 0.593. The van der Waals surface area contributed by atoms with Gasteiger partial charge in [-0.25, -0.2) is 4.79 Å². The highest BCUT2D eigenvalue weighted by Gasteiger charge is 2.48. The SMILES string of the molecule is C#CC(C)(C)CCOC(C)(C)CCNC(=O)c1cc(COC=O)ccc1O[C@@H]1O[C@H](C(=O)O)[C@@H](O)[C@H](O)[C@H]1O. The lowest BCUT2D eigenvalue weighted by Gasteiger charge is -2.38. The smallest absolute Gasteiger partial charge is 0.335 e. The number of carbonyl (C=O) groups excluding carboxylic acids is 2. The third-order valence-corrected chi connectivity index (χ3v) is 6.29. The number of amides is 1. The molecule has 1 heterocycles. The number of aliphatic hydroxyl groups is 3. The van der Waals surface area contributed by atoms with Crippen molar-refractivity contribution in [2.75, 3.05) is 13.2 Å². The Kier molecular flexibility index (Phi) is 11.3. The van der Waals surface area contributed by atoms with Crippen LogP contribution in [0.15, 0.2) is 18.2 Å². The number of ether oxygens (including phenoxy) is 4. The number of hydrogen-bond acceptors (Lipinski definition) is 10. The van der Waals surface area contributed by atoms with E-state index in [1.165, 1.54) is 18.2 Å². The maximum atomic E-state index is 13.1. The number of terminal acetylenes is 1. The third kappa shape index (κ3) is 9.19. The van der Waals surface area contributed by atoms with E-state index < -0.39 is 48.2 Å². The summed E-state index contributed by atoms with van der Waals surface area (Å²) >= 11 is 0. The van der Waals surface area contributed by atoms with Gasteiger partial charge in [0.05, 0.1) is 11.2 Å². The van der Waals surface area contributed by atoms with Crippen LogP contribution in [-0.4, -0.2) is 88.2 Å². The first kappa shape index (κ1) is 32.0. The lowest BCUT2D eigenvalue weighted by atomic mass is 9.91. The van der Waals surface area contributed by atoms with Crippen molar-refractivity contribution in [3.05, 3.63) is 29.3 Å². The Morgan fingerprint density at radius 2 is 1.82 bits per heavy atom. The fourth-order valence-corrected chi connectivity index (χ4v) is 3.65. The van der Waals surface area contributed by atoms with Crippen LogP contribution in [0, 0.1) is 17.8 Å². The molecule has 12 nitrogen and oxygen atoms in total. The predicted molar refractivity (Wildman–Crippen MR) is 136 cm³/mol. The van der Waals surface area contributed by atoms with E-state index in [1.807, 2.05) is 27.7 Å². The van der Waals surface area contributed by atoms with Crippen molar-refractivity contribution in [2.45, 2.75) is 83.5 Å². The summed E-state index contributed by atoms with van der Waals surface area (Å²) in [6.45, 7) is 8.43. The minimum atomic E-state index is -1.90. The topological polar surface area (TPSA) is 181 Å². The van der Waals surface area contributed by atoms with Crippen molar-refractivity contribution in [1.29, 1.82) is 0 Å². The number of rotatable bonds is 14. The summed E-state index contributed by atoms with van der Waals surface area (Å²) in [4.78, 5) is 35.1. The third-order valence-electron chi connectivity index (χ3n) is 6.29. The molecule has 1 aromatic carbocycles. The van der Waals surface area contributed by atoms with Crippen LogP contribution in [0.2, 0.25) is 0 Å². The van der Waals surface area contributed by atoms with Crippen LogP contribution >= 0.6 is 0 Å². The largest absolute Gasteiger partial charge is 0.479 e. The van der Waals surface area contributed by atoms with E-state index in [4.69, 9.17) is 25.4 Å². The Morgan fingerprint density at radius 3 is 2.44 bits per heavy atom. The number of nitrogens with one attached hydrogen (secondary N) is 1. The monoisotopic (exact) mass is 551 g/mol. The number of carboxylic acids is 1. The molecule has 39 heavy (non-hydrogen) atoms.